The SMILES string of the molecule is Cc1[nH]c2ccccc2c1[C@H]1c2ccccc2C(=O)N1CCC(=O)N1CCCCC1. The topological polar surface area (TPSA) is 56.4 Å². The molecule has 3 heterocycles. The van der Waals surface area contributed by atoms with Gasteiger partial charge in [0, 0.05) is 53.8 Å². The van der Waals surface area contributed by atoms with Crippen molar-refractivity contribution in [3.05, 3.63) is 70.9 Å². The molecule has 0 radical (unpaired) electrons. The normalized spacial score (nSPS) is 18.8. The lowest BCUT2D eigenvalue weighted by Crippen LogP contribution is -2.38. The van der Waals surface area contributed by atoms with E-state index in [0.717, 1.165) is 59.2 Å². The average molecular weight is 402 g/mol. The summed E-state index contributed by atoms with van der Waals surface area (Å²) in [5.41, 5.74) is 5.05. The van der Waals surface area contributed by atoms with Gasteiger partial charge in [-0.05, 0) is 43.9 Å². The van der Waals surface area contributed by atoms with Crippen LogP contribution in [0.4, 0.5) is 0 Å². The van der Waals surface area contributed by atoms with Crippen LogP contribution in [0.1, 0.15) is 58.9 Å². The minimum Gasteiger partial charge on any atom is -0.358 e. The van der Waals surface area contributed by atoms with E-state index in [-0.39, 0.29) is 17.9 Å². The number of benzene rings is 2. The van der Waals surface area contributed by atoms with Crippen LogP contribution in [0, 0.1) is 6.92 Å². The van der Waals surface area contributed by atoms with E-state index in [0.29, 0.717) is 13.0 Å². The van der Waals surface area contributed by atoms with Crippen LogP contribution < -0.4 is 0 Å². The Morgan fingerprint density at radius 3 is 2.60 bits per heavy atom. The lowest BCUT2D eigenvalue weighted by atomic mass is 9.95. The molecule has 5 nitrogen and oxygen atoms in total. The van der Waals surface area contributed by atoms with Crippen molar-refractivity contribution >= 4 is 22.7 Å². The molecule has 1 fully saturated rings. The number of carbonyl (C=O) groups is 2. The summed E-state index contributed by atoms with van der Waals surface area (Å²) in [5, 5.41) is 1.14. The van der Waals surface area contributed by atoms with Gasteiger partial charge in [0.2, 0.25) is 5.91 Å². The predicted octanol–water partition coefficient (Wildman–Crippen LogP) is 4.42. The van der Waals surface area contributed by atoms with E-state index in [4.69, 9.17) is 0 Å². The van der Waals surface area contributed by atoms with Crippen LogP contribution in [-0.2, 0) is 4.79 Å². The van der Waals surface area contributed by atoms with Gasteiger partial charge in [0.05, 0.1) is 6.04 Å². The maximum absolute atomic E-state index is 13.3. The Hall–Kier alpha value is -3.08. The number of hydrogen-bond acceptors (Lipinski definition) is 2. The molecule has 2 amide bonds. The number of carbonyl (C=O) groups excluding carboxylic acids is 2. The molecule has 0 unspecified atom stereocenters. The van der Waals surface area contributed by atoms with Crippen LogP contribution in [0.15, 0.2) is 48.5 Å². The highest BCUT2D eigenvalue weighted by molar-refractivity contribution is 6.01. The highest BCUT2D eigenvalue weighted by Crippen LogP contribution is 2.42. The van der Waals surface area contributed by atoms with Gasteiger partial charge in [0.25, 0.3) is 5.91 Å². The minimum atomic E-state index is -0.168. The van der Waals surface area contributed by atoms with Gasteiger partial charge in [-0.1, -0.05) is 36.4 Å². The quantitative estimate of drug-likeness (QED) is 0.703. The van der Waals surface area contributed by atoms with Gasteiger partial charge in [0.1, 0.15) is 0 Å². The maximum atomic E-state index is 13.3. The molecule has 3 aromatic rings. The molecule has 0 spiro atoms. The lowest BCUT2D eigenvalue weighted by molar-refractivity contribution is -0.132. The molecule has 2 aliphatic rings. The molecule has 154 valence electrons. The van der Waals surface area contributed by atoms with Crippen LogP contribution >= 0.6 is 0 Å². The zero-order valence-electron chi connectivity index (χ0n) is 17.4. The second kappa shape index (κ2) is 7.63. The van der Waals surface area contributed by atoms with Crippen LogP contribution in [0.25, 0.3) is 10.9 Å². The van der Waals surface area contributed by atoms with Crippen LogP contribution in [0.5, 0.6) is 0 Å². The summed E-state index contributed by atoms with van der Waals surface area (Å²) >= 11 is 0. The molecule has 0 saturated carbocycles. The van der Waals surface area contributed by atoms with Crippen molar-refractivity contribution in [1.29, 1.82) is 0 Å². The number of aromatic nitrogens is 1. The van der Waals surface area contributed by atoms with E-state index >= 15 is 0 Å². The lowest BCUT2D eigenvalue weighted by Gasteiger charge is -2.29. The van der Waals surface area contributed by atoms with Gasteiger partial charge < -0.3 is 14.8 Å². The second-order valence-electron chi connectivity index (χ2n) is 8.39. The first-order valence-electron chi connectivity index (χ1n) is 10.9. The number of fused-ring (bicyclic) bond motifs is 2. The summed E-state index contributed by atoms with van der Waals surface area (Å²) < 4.78 is 0. The first kappa shape index (κ1) is 18.9. The van der Waals surface area contributed by atoms with E-state index in [1.54, 1.807) is 0 Å². The summed E-state index contributed by atoms with van der Waals surface area (Å²) in [5.74, 6) is 0.180. The third-order valence-electron chi connectivity index (χ3n) is 6.55. The molecule has 1 saturated heterocycles. The molecule has 1 N–H and O–H groups in total. The summed E-state index contributed by atoms with van der Waals surface area (Å²) in [7, 11) is 0. The molecule has 5 rings (SSSR count). The van der Waals surface area contributed by atoms with Crippen molar-refractivity contribution < 1.29 is 9.59 Å². The van der Waals surface area contributed by atoms with Crippen molar-refractivity contribution in [2.45, 2.75) is 38.6 Å². The molecular formula is C25H27N3O2. The number of piperidine rings is 1. The number of rotatable bonds is 4. The number of nitrogens with one attached hydrogen (secondary N) is 1. The molecule has 0 bridgehead atoms. The second-order valence-corrected chi connectivity index (χ2v) is 8.39. The van der Waals surface area contributed by atoms with Crippen LogP contribution in [-0.4, -0.2) is 46.2 Å². The largest absolute Gasteiger partial charge is 0.358 e. The fraction of sp³-hybridized carbons (Fsp3) is 0.360. The van der Waals surface area contributed by atoms with Gasteiger partial charge in [-0.15, -0.1) is 0 Å². The van der Waals surface area contributed by atoms with Crippen LogP contribution in [0.2, 0.25) is 0 Å². The highest BCUT2D eigenvalue weighted by atomic mass is 16.2. The average Bonchev–Trinajstić information content (AvgIpc) is 3.25. The molecule has 2 aromatic carbocycles. The van der Waals surface area contributed by atoms with Gasteiger partial charge in [-0.3, -0.25) is 9.59 Å². The van der Waals surface area contributed by atoms with Gasteiger partial charge >= 0.3 is 0 Å². The minimum absolute atomic E-state index is 0.0201. The van der Waals surface area contributed by atoms with Gasteiger partial charge in [0.15, 0.2) is 0 Å². The molecule has 0 aliphatic carbocycles. The Morgan fingerprint density at radius 1 is 1.03 bits per heavy atom. The Labute approximate surface area is 176 Å². The van der Waals surface area contributed by atoms with Crippen LogP contribution in [0.3, 0.4) is 0 Å². The Balaban J connectivity index is 1.50. The first-order valence-corrected chi connectivity index (χ1v) is 10.9. The molecule has 30 heavy (non-hydrogen) atoms. The Morgan fingerprint density at radius 2 is 1.77 bits per heavy atom. The zero-order chi connectivity index (χ0) is 20.7. The highest BCUT2D eigenvalue weighted by Gasteiger charge is 2.39. The molecule has 1 aromatic heterocycles. The molecular weight excluding hydrogens is 374 g/mol. The smallest absolute Gasteiger partial charge is 0.255 e. The number of amides is 2. The van der Waals surface area contributed by atoms with Crippen molar-refractivity contribution in [3.8, 4) is 0 Å². The zero-order valence-corrected chi connectivity index (χ0v) is 17.4. The van der Waals surface area contributed by atoms with E-state index in [1.165, 1.54) is 6.42 Å². The summed E-state index contributed by atoms with van der Waals surface area (Å²) in [6, 6.07) is 15.9. The van der Waals surface area contributed by atoms with E-state index in [2.05, 4.69) is 24.0 Å². The third kappa shape index (κ3) is 3.09. The number of likely N-dealkylation sites (tertiary alicyclic amines) is 1. The maximum Gasteiger partial charge on any atom is 0.255 e. The van der Waals surface area contributed by atoms with Crippen molar-refractivity contribution in [3.63, 3.8) is 0 Å². The number of aromatic amines is 1. The van der Waals surface area contributed by atoms with Crippen molar-refractivity contribution in [1.82, 2.24) is 14.8 Å². The number of hydrogen-bond donors (Lipinski definition) is 1. The number of para-hydroxylation sites is 1. The predicted molar refractivity (Wildman–Crippen MR) is 117 cm³/mol. The Kier molecular flexibility index (Phi) is 4.81. The fourth-order valence-electron chi connectivity index (χ4n) is 5.08. The molecule has 2 aliphatic heterocycles. The summed E-state index contributed by atoms with van der Waals surface area (Å²) in [4.78, 5) is 33.5. The summed E-state index contributed by atoms with van der Waals surface area (Å²) in [6.45, 7) is 4.19. The van der Waals surface area contributed by atoms with Gasteiger partial charge in [-0.25, -0.2) is 0 Å². The standard InChI is InChI=1S/C25H27N3O2/c1-17-23(20-11-5-6-12-21(20)26-17)24-18-9-3-4-10-19(18)25(30)28(24)16-13-22(29)27-14-7-2-8-15-27/h3-6,9-12,24,26H,2,7-8,13-16H2,1H3/t24-/m1/s1. The Bertz CT molecular complexity index is 1110. The molecule has 5 heteroatoms. The van der Waals surface area contributed by atoms with Crippen molar-refractivity contribution in [2.75, 3.05) is 19.6 Å². The van der Waals surface area contributed by atoms with E-state index in [9.17, 15) is 9.59 Å². The summed E-state index contributed by atoms with van der Waals surface area (Å²) in [6.07, 6.45) is 3.73. The first-order chi connectivity index (χ1) is 14.6. The number of nitrogens with zero attached hydrogens (tertiary/aromatic N) is 2. The number of aryl methyl sites for hydroxylation is 1. The van der Waals surface area contributed by atoms with Gasteiger partial charge in [-0.2, -0.15) is 0 Å². The van der Waals surface area contributed by atoms with E-state index < -0.39 is 0 Å². The monoisotopic (exact) mass is 401 g/mol. The van der Waals surface area contributed by atoms with E-state index in [1.807, 2.05) is 46.2 Å². The molecule has 1 atom stereocenters. The number of H-pyrrole nitrogens is 1. The fourth-order valence-corrected chi connectivity index (χ4v) is 5.08. The third-order valence-corrected chi connectivity index (χ3v) is 6.55. The van der Waals surface area contributed by atoms with Crippen molar-refractivity contribution in [2.24, 2.45) is 0 Å².